The summed E-state index contributed by atoms with van der Waals surface area (Å²) < 4.78 is 0. The van der Waals surface area contributed by atoms with E-state index in [1.54, 1.807) is 6.20 Å². The molecule has 0 bridgehead atoms. The van der Waals surface area contributed by atoms with E-state index in [4.69, 9.17) is 4.98 Å². The van der Waals surface area contributed by atoms with Crippen molar-refractivity contribution in [3.05, 3.63) is 81.7 Å². The zero-order chi connectivity index (χ0) is 17.6. The number of H-pyrrole nitrogens is 1. The molecule has 3 aromatic rings. The van der Waals surface area contributed by atoms with Crippen molar-refractivity contribution in [1.82, 2.24) is 20.3 Å². The van der Waals surface area contributed by atoms with E-state index < -0.39 is 0 Å². The Morgan fingerprint density at radius 1 is 1.08 bits per heavy atom. The van der Waals surface area contributed by atoms with Crippen molar-refractivity contribution in [2.75, 3.05) is 0 Å². The normalized spacial score (nSPS) is 10.8. The Morgan fingerprint density at radius 2 is 1.88 bits per heavy atom. The van der Waals surface area contributed by atoms with E-state index in [1.807, 2.05) is 56.3 Å². The predicted molar refractivity (Wildman–Crippen MR) is 99.2 cm³/mol. The molecular formula is C20H22N4O. The molecule has 0 saturated heterocycles. The maximum atomic E-state index is 11.9. The second-order valence-electron chi connectivity index (χ2n) is 5.95. The molecular weight excluding hydrogens is 312 g/mol. The molecule has 0 aliphatic rings. The van der Waals surface area contributed by atoms with Crippen LogP contribution in [0.5, 0.6) is 0 Å². The maximum absolute atomic E-state index is 11.9. The topological polar surface area (TPSA) is 70.7 Å². The van der Waals surface area contributed by atoms with Crippen molar-refractivity contribution in [1.29, 1.82) is 0 Å². The third-order valence-electron chi connectivity index (χ3n) is 4.12. The fourth-order valence-corrected chi connectivity index (χ4v) is 2.74. The summed E-state index contributed by atoms with van der Waals surface area (Å²) in [5, 5.41) is 3.36. The summed E-state index contributed by atoms with van der Waals surface area (Å²) in [6, 6.07) is 13.8. The Bertz CT molecular complexity index is 903. The summed E-state index contributed by atoms with van der Waals surface area (Å²) in [4.78, 5) is 23.9. The van der Waals surface area contributed by atoms with Gasteiger partial charge in [0.2, 0.25) is 0 Å². The number of hydrogen-bond acceptors (Lipinski definition) is 4. The molecule has 0 spiro atoms. The predicted octanol–water partition coefficient (Wildman–Crippen LogP) is 2.99. The Hall–Kier alpha value is -2.79. The van der Waals surface area contributed by atoms with Crippen molar-refractivity contribution in [2.24, 2.45) is 0 Å². The number of aromatic amines is 1. The molecule has 0 amide bonds. The summed E-state index contributed by atoms with van der Waals surface area (Å²) in [7, 11) is 0. The van der Waals surface area contributed by atoms with Gasteiger partial charge in [-0.05, 0) is 43.7 Å². The average molecular weight is 334 g/mol. The van der Waals surface area contributed by atoms with Gasteiger partial charge in [-0.15, -0.1) is 0 Å². The lowest BCUT2D eigenvalue weighted by molar-refractivity contribution is 0.668. The highest BCUT2D eigenvalue weighted by Gasteiger charge is 2.08. The van der Waals surface area contributed by atoms with Gasteiger partial charge in [-0.3, -0.25) is 14.8 Å². The molecule has 128 valence electrons. The minimum Gasteiger partial charge on any atom is -0.326 e. The summed E-state index contributed by atoms with van der Waals surface area (Å²) in [5.74, 6) is 0. The Morgan fingerprint density at radius 3 is 2.64 bits per heavy atom. The lowest BCUT2D eigenvalue weighted by atomic mass is 10.1. The van der Waals surface area contributed by atoms with Crippen molar-refractivity contribution in [3.8, 4) is 11.3 Å². The van der Waals surface area contributed by atoms with Gasteiger partial charge in [-0.1, -0.05) is 19.1 Å². The first-order valence-electron chi connectivity index (χ1n) is 8.47. The van der Waals surface area contributed by atoms with E-state index in [0.29, 0.717) is 19.5 Å². The van der Waals surface area contributed by atoms with Gasteiger partial charge in [-0.25, -0.2) is 0 Å². The van der Waals surface area contributed by atoms with Crippen LogP contribution in [-0.2, 0) is 19.5 Å². The first kappa shape index (κ1) is 17.0. The van der Waals surface area contributed by atoms with Crippen LogP contribution in [0.3, 0.4) is 0 Å². The Labute approximate surface area is 147 Å². The maximum Gasteiger partial charge on any atom is 0.251 e. The van der Waals surface area contributed by atoms with Crippen LogP contribution < -0.4 is 10.9 Å². The van der Waals surface area contributed by atoms with Crippen LogP contribution in [0.1, 0.15) is 29.6 Å². The number of aryl methyl sites for hydroxylation is 2. The number of nitrogens with one attached hydrogen (secondary N) is 2. The van der Waals surface area contributed by atoms with Crippen LogP contribution in [-0.4, -0.2) is 15.0 Å². The molecule has 0 aliphatic heterocycles. The molecule has 25 heavy (non-hydrogen) atoms. The van der Waals surface area contributed by atoms with Crippen molar-refractivity contribution in [3.63, 3.8) is 0 Å². The molecule has 3 aromatic heterocycles. The number of aromatic nitrogens is 3. The number of hydrogen-bond donors (Lipinski definition) is 2. The highest BCUT2D eigenvalue weighted by molar-refractivity contribution is 5.62. The van der Waals surface area contributed by atoms with Crippen LogP contribution in [0.2, 0.25) is 0 Å². The van der Waals surface area contributed by atoms with Crippen LogP contribution >= 0.6 is 0 Å². The minimum absolute atomic E-state index is 0.0167. The third kappa shape index (κ3) is 4.19. The zero-order valence-corrected chi connectivity index (χ0v) is 14.5. The Balaban J connectivity index is 1.76. The van der Waals surface area contributed by atoms with Crippen LogP contribution in [0, 0.1) is 6.92 Å². The summed E-state index contributed by atoms with van der Waals surface area (Å²) in [6.45, 7) is 5.25. The number of rotatable bonds is 6. The largest absolute Gasteiger partial charge is 0.326 e. The van der Waals surface area contributed by atoms with Crippen molar-refractivity contribution < 1.29 is 0 Å². The van der Waals surface area contributed by atoms with Gasteiger partial charge in [0.15, 0.2) is 0 Å². The molecule has 0 unspecified atom stereocenters. The molecule has 3 rings (SSSR count). The van der Waals surface area contributed by atoms with Crippen molar-refractivity contribution >= 4 is 0 Å². The molecule has 2 N–H and O–H groups in total. The third-order valence-corrected chi connectivity index (χ3v) is 4.12. The molecule has 5 heteroatoms. The monoisotopic (exact) mass is 334 g/mol. The summed E-state index contributed by atoms with van der Waals surface area (Å²) in [5.41, 5.74) is 5.41. The van der Waals surface area contributed by atoms with Gasteiger partial charge in [0.25, 0.3) is 5.56 Å². The first-order valence-corrected chi connectivity index (χ1v) is 8.47. The Kier molecular flexibility index (Phi) is 5.36. The fraction of sp³-hybridized carbons (Fsp3) is 0.250. The summed E-state index contributed by atoms with van der Waals surface area (Å²) in [6.07, 6.45) is 2.49. The lowest BCUT2D eigenvalue weighted by Crippen LogP contribution is -2.15. The fourth-order valence-electron chi connectivity index (χ4n) is 2.74. The van der Waals surface area contributed by atoms with Crippen LogP contribution in [0.25, 0.3) is 11.3 Å². The second-order valence-corrected chi connectivity index (χ2v) is 5.95. The van der Waals surface area contributed by atoms with E-state index in [-0.39, 0.29) is 5.56 Å². The van der Waals surface area contributed by atoms with E-state index in [0.717, 1.165) is 33.9 Å². The highest BCUT2D eigenvalue weighted by atomic mass is 16.1. The van der Waals surface area contributed by atoms with Gasteiger partial charge in [-0.2, -0.15) is 0 Å². The summed E-state index contributed by atoms with van der Waals surface area (Å²) >= 11 is 0. The second kappa shape index (κ2) is 7.85. The van der Waals surface area contributed by atoms with Gasteiger partial charge in [0, 0.05) is 36.1 Å². The van der Waals surface area contributed by atoms with E-state index >= 15 is 0 Å². The molecule has 3 heterocycles. The smallest absolute Gasteiger partial charge is 0.251 e. The number of nitrogens with zero attached hydrogens (tertiary/aromatic N) is 2. The first-order chi connectivity index (χ1) is 12.2. The quantitative estimate of drug-likeness (QED) is 0.727. The van der Waals surface area contributed by atoms with E-state index in [1.165, 1.54) is 0 Å². The molecule has 5 nitrogen and oxygen atoms in total. The van der Waals surface area contributed by atoms with Gasteiger partial charge in [0.05, 0.1) is 17.1 Å². The van der Waals surface area contributed by atoms with E-state index in [9.17, 15) is 4.79 Å². The minimum atomic E-state index is -0.0167. The molecule has 0 radical (unpaired) electrons. The molecule has 0 aliphatic carbocycles. The molecule has 0 saturated carbocycles. The lowest BCUT2D eigenvalue weighted by Gasteiger charge is -2.09. The van der Waals surface area contributed by atoms with Gasteiger partial charge >= 0.3 is 0 Å². The van der Waals surface area contributed by atoms with Crippen LogP contribution in [0.4, 0.5) is 0 Å². The van der Waals surface area contributed by atoms with Gasteiger partial charge in [0.1, 0.15) is 0 Å². The molecule has 0 fully saturated rings. The average Bonchev–Trinajstić information content (AvgIpc) is 2.63. The molecule has 0 atom stereocenters. The van der Waals surface area contributed by atoms with Crippen molar-refractivity contribution in [2.45, 2.75) is 33.4 Å². The standard InChI is InChI=1S/C20H22N4O/c1-3-15-11-18(14(2)23-20(15)25)19-9-6-8-17(24-19)13-21-12-16-7-4-5-10-22-16/h4-11,21H,3,12-13H2,1-2H3,(H,23,25). The molecule has 0 aromatic carbocycles. The zero-order valence-electron chi connectivity index (χ0n) is 14.5. The highest BCUT2D eigenvalue weighted by Crippen LogP contribution is 2.20. The van der Waals surface area contributed by atoms with E-state index in [2.05, 4.69) is 15.3 Å². The SMILES string of the molecule is CCc1cc(-c2cccc(CNCc3ccccn3)n2)c(C)[nH]c1=O. The van der Waals surface area contributed by atoms with Gasteiger partial charge < -0.3 is 10.3 Å². The van der Waals surface area contributed by atoms with Crippen LogP contribution in [0.15, 0.2) is 53.5 Å². The number of pyridine rings is 3.